The van der Waals surface area contributed by atoms with Gasteiger partial charge >= 0.3 is 0 Å². The van der Waals surface area contributed by atoms with Crippen LogP contribution in [0.2, 0.25) is 0 Å². The second-order valence-electron chi connectivity index (χ2n) is 10.2. The first kappa shape index (κ1) is 24.3. The van der Waals surface area contributed by atoms with Gasteiger partial charge in [-0.2, -0.15) is 10.2 Å². The lowest BCUT2D eigenvalue weighted by atomic mass is 10.0. The fourth-order valence-corrected chi connectivity index (χ4v) is 4.86. The maximum absolute atomic E-state index is 10.1. The predicted octanol–water partition coefficient (Wildman–Crippen LogP) is 3.62. The van der Waals surface area contributed by atoms with Crippen LogP contribution in [0.3, 0.4) is 0 Å². The molecule has 5 rings (SSSR count). The highest BCUT2D eigenvalue weighted by Gasteiger charge is 2.25. The van der Waals surface area contributed by atoms with Crippen LogP contribution in [-0.4, -0.2) is 69.8 Å². The molecule has 36 heavy (non-hydrogen) atoms. The molecule has 4 aromatic heterocycles. The number of pyridine rings is 1. The average molecular weight is 487 g/mol. The van der Waals surface area contributed by atoms with Gasteiger partial charge in [0.15, 0.2) is 0 Å². The number of likely N-dealkylation sites (tertiary alicyclic amines) is 1. The summed E-state index contributed by atoms with van der Waals surface area (Å²) in [6.45, 7) is 9.24. The molecule has 0 saturated carbocycles. The Bertz CT molecular complexity index is 1280. The molecule has 188 valence electrons. The molecule has 1 saturated heterocycles. The normalized spacial score (nSPS) is 15.4. The topological polar surface area (TPSA) is 97.8 Å². The third-order valence-corrected chi connectivity index (χ3v) is 6.56. The van der Waals surface area contributed by atoms with Crippen LogP contribution in [0.15, 0.2) is 55.4 Å². The molecule has 0 atom stereocenters. The first-order valence-corrected chi connectivity index (χ1v) is 12.7. The highest BCUT2D eigenvalue weighted by molar-refractivity contribution is 5.78. The second kappa shape index (κ2) is 10.3. The number of piperidine rings is 1. The minimum Gasteiger partial charge on any atom is -0.389 e. The summed E-state index contributed by atoms with van der Waals surface area (Å²) in [5.74, 6) is 0.758. The van der Waals surface area contributed by atoms with Crippen LogP contribution in [0.4, 0.5) is 0 Å². The van der Waals surface area contributed by atoms with E-state index in [9.17, 15) is 5.11 Å². The molecule has 0 unspecified atom stereocenters. The van der Waals surface area contributed by atoms with E-state index in [0.29, 0.717) is 19.0 Å². The van der Waals surface area contributed by atoms with Crippen LogP contribution >= 0.6 is 0 Å². The van der Waals surface area contributed by atoms with Crippen LogP contribution in [-0.2, 0) is 13.0 Å². The lowest BCUT2D eigenvalue weighted by molar-refractivity contribution is 0.0246. The minimum atomic E-state index is -0.659. The van der Waals surface area contributed by atoms with Crippen LogP contribution in [0.5, 0.6) is 0 Å². The molecule has 0 radical (unpaired) electrons. The third kappa shape index (κ3) is 5.68. The highest BCUT2D eigenvalue weighted by Crippen LogP contribution is 2.30. The Morgan fingerprint density at radius 1 is 1.08 bits per heavy atom. The first-order chi connectivity index (χ1) is 17.4. The molecule has 0 aromatic carbocycles. The number of aryl methyl sites for hydroxylation is 1. The van der Waals surface area contributed by atoms with Gasteiger partial charge in [0.1, 0.15) is 11.5 Å². The van der Waals surface area contributed by atoms with Crippen LogP contribution < -0.4 is 0 Å². The van der Waals surface area contributed by atoms with Crippen molar-refractivity contribution in [3.05, 3.63) is 66.8 Å². The van der Waals surface area contributed by atoms with Crippen molar-refractivity contribution in [3.63, 3.8) is 0 Å². The summed E-state index contributed by atoms with van der Waals surface area (Å²) in [5.41, 5.74) is 4.11. The SMILES string of the molecule is CCn1cc(-c2ccnc(Cc3cnn(C4CCN(CC(C)(C)O)CC4)c3)n2)c(-c2cccnc2)n1. The Morgan fingerprint density at radius 3 is 2.64 bits per heavy atom. The summed E-state index contributed by atoms with van der Waals surface area (Å²) in [7, 11) is 0. The summed E-state index contributed by atoms with van der Waals surface area (Å²) in [6, 6.07) is 6.26. The van der Waals surface area contributed by atoms with E-state index in [0.717, 1.165) is 66.4 Å². The van der Waals surface area contributed by atoms with E-state index < -0.39 is 5.60 Å². The summed E-state index contributed by atoms with van der Waals surface area (Å²) in [6.07, 6.45) is 14.2. The predicted molar refractivity (Wildman–Crippen MR) is 138 cm³/mol. The second-order valence-corrected chi connectivity index (χ2v) is 10.2. The molecule has 4 aromatic rings. The fraction of sp³-hybridized carbons (Fsp3) is 0.444. The Labute approximate surface area is 211 Å². The average Bonchev–Trinajstić information content (AvgIpc) is 3.52. The van der Waals surface area contributed by atoms with Crippen molar-refractivity contribution in [2.24, 2.45) is 0 Å². The number of hydrogen-bond acceptors (Lipinski definition) is 7. The zero-order valence-corrected chi connectivity index (χ0v) is 21.2. The van der Waals surface area contributed by atoms with E-state index in [1.54, 1.807) is 6.20 Å². The van der Waals surface area contributed by atoms with Crippen LogP contribution in [0.25, 0.3) is 22.5 Å². The number of β-amino-alcohol motifs (C(OH)–C–C–N with tert-alkyl or cyclic N) is 1. The molecule has 9 nitrogen and oxygen atoms in total. The minimum absolute atomic E-state index is 0.381. The highest BCUT2D eigenvalue weighted by atomic mass is 16.3. The molecule has 0 amide bonds. The smallest absolute Gasteiger partial charge is 0.133 e. The van der Waals surface area contributed by atoms with Crippen molar-refractivity contribution in [1.82, 2.24) is 39.4 Å². The van der Waals surface area contributed by atoms with E-state index in [1.807, 2.05) is 61.5 Å². The molecule has 5 heterocycles. The van der Waals surface area contributed by atoms with Gasteiger partial charge in [-0.15, -0.1) is 0 Å². The lowest BCUT2D eigenvalue weighted by Gasteiger charge is -2.35. The van der Waals surface area contributed by atoms with Crippen LogP contribution in [0, 0.1) is 0 Å². The number of aromatic nitrogens is 7. The van der Waals surface area contributed by atoms with Gasteiger partial charge in [0.2, 0.25) is 0 Å². The van der Waals surface area contributed by atoms with Crippen LogP contribution in [0.1, 0.15) is 51.0 Å². The molecule has 0 aliphatic carbocycles. The quantitative estimate of drug-likeness (QED) is 0.406. The van der Waals surface area contributed by atoms with E-state index in [2.05, 4.69) is 37.8 Å². The molecule has 1 aliphatic heterocycles. The summed E-state index contributed by atoms with van der Waals surface area (Å²) < 4.78 is 4.02. The molecule has 1 N–H and O–H groups in total. The zero-order valence-electron chi connectivity index (χ0n) is 21.2. The summed E-state index contributed by atoms with van der Waals surface area (Å²) in [4.78, 5) is 16.0. The largest absolute Gasteiger partial charge is 0.389 e. The monoisotopic (exact) mass is 486 g/mol. The maximum atomic E-state index is 10.1. The van der Waals surface area contributed by atoms with E-state index in [1.165, 1.54) is 0 Å². The van der Waals surface area contributed by atoms with Crippen molar-refractivity contribution in [3.8, 4) is 22.5 Å². The molecule has 1 fully saturated rings. The van der Waals surface area contributed by atoms with Gasteiger partial charge in [-0.1, -0.05) is 0 Å². The summed E-state index contributed by atoms with van der Waals surface area (Å²) >= 11 is 0. The standard InChI is InChI=1S/C27H34N8O/c1-4-34-18-23(26(32-34)21-6-5-10-28-16-21)24-7-11-29-25(31-24)14-20-15-30-35(17-20)22-8-12-33(13-9-22)19-27(2,3)36/h5-7,10-11,15-18,22,36H,4,8-9,12-14,19H2,1-3H3. The Hall–Kier alpha value is -3.43. The fourth-order valence-electron chi connectivity index (χ4n) is 4.86. The number of nitrogens with zero attached hydrogens (tertiary/aromatic N) is 8. The molecular formula is C27H34N8O. The third-order valence-electron chi connectivity index (χ3n) is 6.56. The van der Waals surface area contributed by atoms with Crippen molar-refractivity contribution >= 4 is 0 Å². The van der Waals surface area contributed by atoms with Gasteiger partial charge in [-0.05, 0) is 57.4 Å². The number of aliphatic hydroxyl groups is 1. The Morgan fingerprint density at radius 2 is 1.92 bits per heavy atom. The molecule has 0 bridgehead atoms. The Kier molecular flexibility index (Phi) is 6.93. The lowest BCUT2D eigenvalue weighted by Crippen LogP contribution is -2.43. The number of hydrogen-bond donors (Lipinski definition) is 1. The van der Waals surface area contributed by atoms with Gasteiger partial charge in [0.05, 0.1) is 23.5 Å². The van der Waals surface area contributed by atoms with Gasteiger partial charge in [-0.3, -0.25) is 14.3 Å². The van der Waals surface area contributed by atoms with E-state index in [4.69, 9.17) is 10.1 Å². The van der Waals surface area contributed by atoms with Gasteiger partial charge in [0.25, 0.3) is 0 Å². The van der Waals surface area contributed by atoms with E-state index >= 15 is 0 Å². The van der Waals surface area contributed by atoms with Crippen molar-refractivity contribution < 1.29 is 5.11 Å². The van der Waals surface area contributed by atoms with Crippen molar-refractivity contribution in [2.75, 3.05) is 19.6 Å². The first-order valence-electron chi connectivity index (χ1n) is 12.7. The molecular weight excluding hydrogens is 452 g/mol. The van der Waals surface area contributed by atoms with Gasteiger partial charge in [-0.25, -0.2) is 9.97 Å². The van der Waals surface area contributed by atoms with E-state index in [-0.39, 0.29) is 0 Å². The zero-order chi connectivity index (χ0) is 25.1. The number of rotatable bonds is 8. The molecule has 1 aliphatic rings. The van der Waals surface area contributed by atoms with Crippen molar-refractivity contribution in [2.45, 2.75) is 58.2 Å². The van der Waals surface area contributed by atoms with Gasteiger partial charge < -0.3 is 10.0 Å². The maximum Gasteiger partial charge on any atom is 0.133 e. The van der Waals surface area contributed by atoms with Gasteiger partial charge in [0, 0.05) is 74.7 Å². The molecule has 9 heteroatoms. The summed E-state index contributed by atoms with van der Waals surface area (Å²) in [5, 5.41) is 19.5. The molecule has 0 spiro atoms. The van der Waals surface area contributed by atoms with Crippen molar-refractivity contribution in [1.29, 1.82) is 0 Å². The Balaban J connectivity index is 1.30.